The quantitative estimate of drug-likeness (QED) is 0.415. The van der Waals surface area contributed by atoms with Gasteiger partial charge in [-0.05, 0) is 38.7 Å². The largest absolute Gasteiger partial charge is 0.503 e. The van der Waals surface area contributed by atoms with E-state index >= 15 is 0 Å². The standard InChI is InChI=1S/C19H21NO2.HIO3/c1-13-15-6-4-5-7-17(15)20(2)18-10-8-14(12-16(13)18)9-11-19(21)22-3;2-1(3)4/h4-8,10,12-13H,9,11H2,1-3H3;2H. The normalized spacial score (nSPS) is 14.9. The molecule has 26 heavy (non-hydrogen) atoms. The number of nitrogens with zero attached hydrogens (tertiary/aromatic N) is 1. The van der Waals surface area contributed by atoms with Crippen molar-refractivity contribution >= 4 is 17.3 Å². The van der Waals surface area contributed by atoms with Crippen LogP contribution in [-0.2, 0) is 16.0 Å². The lowest BCUT2D eigenvalue weighted by atomic mass is 9.85. The lowest BCUT2D eigenvalue weighted by molar-refractivity contribution is -1.63. The fourth-order valence-electron chi connectivity index (χ4n) is 3.22. The molecule has 0 aromatic heterocycles. The number of carbonyl (C=O) groups is 1. The van der Waals surface area contributed by atoms with Gasteiger partial charge in [0.15, 0.2) is 0 Å². The van der Waals surface area contributed by atoms with Crippen LogP contribution in [0.2, 0.25) is 0 Å². The van der Waals surface area contributed by atoms with E-state index in [0.717, 1.165) is 6.42 Å². The third-order valence-electron chi connectivity index (χ3n) is 4.53. The Morgan fingerprint density at radius 1 is 1.19 bits per heavy atom. The smallest absolute Gasteiger partial charge is 0.469 e. The fraction of sp³-hybridized carbons (Fsp3) is 0.316. The SMILES string of the molecule is COC(=O)CCc1ccc2c(c1)C(C)c1ccccc1N2C.[O-][I+2]([O-])O. The molecule has 0 fully saturated rings. The average Bonchev–Trinajstić information content (AvgIpc) is 2.63. The van der Waals surface area contributed by atoms with Gasteiger partial charge in [-0.2, -0.15) is 0 Å². The third-order valence-corrected chi connectivity index (χ3v) is 4.53. The average molecular weight is 471 g/mol. The second-order valence-electron chi connectivity index (χ2n) is 6.01. The number of aryl methyl sites for hydroxylation is 1. The fourth-order valence-corrected chi connectivity index (χ4v) is 3.22. The van der Waals surface area contributed by atoms with Crippen molar-refractivity contribution in [3.05, 3.63) is 59.2 Å². The van der Waals surface area contributed by atoms with Gasteiger partial charge in [0.25, 0.3) is 0 Å². The monoisotopic (exact) mass is 471 g/mol. The molecule has 7 heteroatoms. The van der Waals surface area contributed by atoms with Gasteiger partial charge in [0.05, 0.1) is 7.11 Å². The van der Waals surface area contributed by atoms with Crippen molar-refractivity contribution in [2.45, 2.75) is 25.7 Å². The van der Waals surface area contributed by atoms with Crippen molar-refractivity contribution in [2.24, 2.45) is 0 Å². The molecule has 1 unspecified atom stereocenters. The Hall–Kier alpha value is -1.68. The molecule has 1 aliphatic rings. The summed E-state index contributed by atoms with van der Waals surface area (Å²) in [5, 5.41) is 0. The van der Waals surface area contributed by atoms with Crippen LogP contribution in [0.4, 0.5) is 11.4 Å². The molecule has 140 valence electrons. The molecular formula is C19H22INO5. The topological polar surface area (TPSA) is 95.9 Å². The summed E-state index contributed by atoms with van der Waals surface area (Å²) in [7, 11) is 3.54. The van der Waals surface area contributed by atoms with E-state index in [9.17, 15) is 4.79 Å². The van der Waals surface area contributed by atoms with E-state index in [2.05, 4.69) is 61.3 Å². The van der Waals surface area contributed by atoms with Gasteiger partial charge >= 0.3 is 27.0 Å². The van der Waals surface area contributed by atoms with E-state index in [1.54, 1.807) is 0 Å². The Morgan fingerprint density at radius 2 is 1.81 bits per heavy atom. The molecule has 1 atom stereocenters. The maximum atomic E-state index is 11.3. The zero-order valence-electron chi connectivity index (χ0n) is 14.9. The van der Waals surface area contributed by atoms with Gasteiger partial charge in [-0.25, -0.2) is 0 Å². The maximum absolute atomic E-state index is 11.3. The predicted octanol–water partition coefficient (Wildman–Crippen LogP) is -1.91. The lowest BCUT2D eigenvalue weighted by Crippen LogP contribution is -3.98. The summed E-state index contributed by atoms with van der Waals surface area (Å²) in [4.78, 5) is 13.6. The van der Waals surface area contributed by atoms with Crippen molar-refractivity contribution in [3.8, 4) is 0 Å². The van der Waals surface area contributed by atoms with E-state index in [1.165, 1.54) is 35.2 Å². The molecule has 0 radical (unpaired) electrons. The zero-order valence-corrected chi connectivity index (χ0v) is 17.1. The predicted molar refractivity (Wildman–Crippen MR) is 91.0 cm³/mol. The van der Waals surface area contributed by atoms with Crippen LogP contribution in [-0.4, -0.2) is 23.6 Å². The van der Waals surface area contributed by atoms with Crippen LogP contribution in [0.5, 0.6) is 0 Å². The highest BCUT2D eigenvalue weighted by molar-refractivity contribution is 5.76. The number of halogens is 1. The molecule has 0 saturated heterocycles. The molecule has 0 aliphatic carbocycles. The van der Waals surface area contributed by atoms with Crippen molar-refractivity contribution in [3.63, 3.8) is 0 Å². The number of para-hydroxylation sites is 1. The van der Waals surface area contributed by atoms with Crippen molar-refractivity contribution in [1.82, 2.24) is 0 Å². The Morgan fingerprint density at radius 3 is 2.46 bits per heavy atom. The molecule has 2 aromatic carbocycles. The minimum absolute atomic E-state index is 0.159. The lowest BCUT2D eigenvalue weighted by Gasteiger charge is -2.34. The molecular weight excluding hydrogens is 449 g/mol. The molecule has 1 N–H and O–H groups in total. The number of hydrogen-bond acceptors (Lipinski definition) is 6. The van der Waals surface area contributed by atoms with E-state index in [0.29, 0.717) is 12.3 Å². The first-order chi connectivity index (χ1) is 12.3. The molecule has 0 saturated carbocycles. The molecule has 0 bridgehead atoms. The van der Waals surface area contributed by atoms with E-state index in [-0.39, 0.29) is 5.97 Å². The number of hydrogen-bond donors (Lipinski definition) is 1. The number of benzene rings is 2. The summed E-state index contributed by atoms with van der Waals surface area (Å²) in [5.74, 6) is 0.203. The van der Waals surface area contributed by atoms with Crippen LogP contribution < -0.4 is 32.8 Å². The van der Waals surface area contributed by atoms with Crippen LogP contribution in [0.15, 0.2) is 42.5 Å². The zero-order chi connectivity index (χ0) is 19.3. The number of rotatable bonds is 3. The van der Waals surface area contributed by atoms with E-state index in [4.69, 9.17) is 15.0 Å². The molecule has 6 nitrogen and oxygen atoms in total. The number of esters is 1. The van der Waals surface area contributed by atoms with Gasteiger partial charge in [0, 0.05) is 30.8 Å². The minimum Gasteiger partial charge on any atom is -0.469 e. The van der Waals surface area contributed by atoms with Gasteiger partial charge in [-0.15, -0.1) is 0 Å². The number of methoxy groups -OCH3 is 1. The molecule has 3 rings (SSSR count). The minimum atomic E-state index is -3.76. The van der Waals surface area contributed by atoms with Crippen LogP contribution in [0.1, 0.15) is 36.0 Å². The van der Waals surface area contributed by atoms with Crippen molar-refractivity contribution < 1.29 is 40.9 Å². The maximum Gasteiger partial charge on any atom is 0.503 e. The highest BCUT2D eigenvalue weighted by Gasteiger charge is 2.25. The highest BCUT2D eigenvalue weighted by Crippen LogP contribution is 2.44. The van der Waals surface area contributed by atoms with Crippen LogP contribution in [0.3, 0.4) is 0 Å². The summed E-state index contributed by atoms with van der Waals surface area (Å²) in [5.41, 5.74) is 6.37. The number of anilines is 2. The van der Waals surface area contributed by atoms with Crippen molar-refractivity contribution in [1.29, 1.82) is 0 Å². The molecule has 0 spiro atoms. The van der Waals surface area contributed by atoms with Crippen LogP contribution >= 0.6 is 0 Å². The van der Waals surface area contributed by atoms with Gasteiger partial charge in [0.2, 0.25) is 0 Å². The van der Waals surface area contributed by atoms with Crippen LogP contribution in [0, 0.1) is 0 Å². The van der Waals surface area contributed by atoms with Gasteiger partial charge in [-0.1, -0.05) is 37.3 Å². The first kappa shape index (κ1) is 20.6. The number of carbonyl (C=O) groups excluding carboxylic acids is 1. The van der Waals surface area contributed by atoms with E-state index in [1.807, 2.05) is 0 Å². The summed E-state index contributed by atoms with van der Waals surface area (Å²) in [6.45, 7) is 2.24. The number of ether oxygens (including phenoxy) is 1. The Bertz CT molecular complexity index is 763. The first-order valence-electron chi connectivity index (χ1n) is 8.12. The van der Waals surface area contributed by atoms with Gasteiger partial charge < -0.3 is 16.5 Å². The number of fused-ring (bicyclic) bond motifs is 2. The Labute approximate surface area is 162 Å². The summed E-state index contributed by atoms with van der Waals surface area (Å²) < 4.78 is 29.2. The highest BCUT2D eigenvalue weighted by atomic mass is 127. The van der Waals surface area contributed by atoms with E-state index < -0.39 is 21.1 Å². The second-order valence-corrected chi connectivity index (χ2v) is 7.16. The molecule has 0 amide bonds. The van der Waals surface area contributed by atoms with Gasteiger partial charge in [-0.3, -0.25) is 4.79 Å². The molecule has 1 aliphatic heterocycles. The first-order valence-corrected chi connectivity index (χ1v) is 10.8. The molecule has 2 aromatic rings. The van der Waals surface area contributed by atoms with Crippen LogP contribution in [0.25, 0.3) is 0 Å². The summed E-state index contributed by atoms with van der Waals surface area (Å²) in [6.07, 6.45) is 1.15. The summed E-state index contributed by atoms with van der Waals surface area (Å²) in [6, 6.07) is 15.0. The third kappa shape index (κ3) is 4.94. The Kier molecular flexibility index (Phi) is 7.39. The van der Waals surface area contributed by atoms with Crippen molar-refractivity contribution in [2.75, 3.05) is 19.1 Å². The Balaban J connectivity index is 0.000000552. The van der Waals surface area contributed by atoms with Gasteiger partial charge in [0.1, 0.15) is 0 Å². The second kappa shape index (κ2) is 9.31. The summed E-state index contributed by atoms with van der Waals surface area (Å²) >= 11 is -3.76. The molecule has 1 heterocycles.